The summed E-state index contributed by atoms with van der Waals surface area (Å²) in [6.07, 6.45) is 0. The summed E-state index contributed by atoms with van der Waals surface area (Å²) in [5.74, 6) is 1.73. The van der Waals surface area contributed by atoms with E-state index in [1.807, 2.05) is 60.7 Å². The second-order valence-corrected chi connectivity index (χ2v) is 15.9. The zero-order valence-electron chi connectivity index (χ0n) is 33.2. The minimum atomic E-state index is 0.563. The minimum absolute atomic E-state index is 0.563. The Balaban J connectivity index is 0.879. The van der Waals surface area contributed by atoms with E-state index in [0.717, 1.165) is 71.7 Å². The van der Waals surface area contributed by atoms with Gasteiger partial charge in [0.05, 0.1) is 0 Å². The van der Waals surface area contributed by atoms with E-state index >= 15 is 0 Å². The van der Waals surface area contributed by atoms with Crippen LogP contribution in [0.25, 0.3) is 133 Å². The van der Waals surface area contributed by atoms with Crippen LogP contribution in [0.15, 0.2) is 209 Å². The summed E-state index contributed by atoms with van der Waals surface area (Å²) < 4.78 is 12.9. The number of hydrogen-bond donors (Lipinski definition) is 0. The summed E-state index contributed by atoms with van der Waals surface area (Å²) in [5, 5.41) is 11.9. The molecule has 0 radical (unpaired) electrons. The molecule has 0 fully saturated rings. The fraction of sp³-hybridized carbons (Fsp3) is 0. The Hall–Kier alpha value is -8.41. The van der Waals surface area contributed by atoms with E-state index in [0.29, 0.717) is 17.5 Å². The number of fused-ring (bicyclic) bond motifs is 12. The summed E-state index contributed by atoms with van der Waals surface area (Å²) in [5.41, 5.74) is 10.4. The van der Waals surface area contributed by atoms with Crippen molar-refractivity contribution >= 4 is 76.2 Å². The van der Waals surface area contributed by atoms with Crippen LogP contribution in [0.1, 0.15) is 0 Å². The normalized spacial score (nSPS) is 11.9. The maximum absolute atomic E-state index is 6.64. The molecule has 3 aromatic heterocycles. The number of benzene rings is 10. The third-order valence-corrected chi connectivity index (χ3v) is 12.3. The molecule has 0 saturated heterocycles. The quantitative estimate of drug-likeness (QED) is 0.162. The summed E-state index contributed by atoms with van der Waals surface area (Å²) in [7, 11) is 0. The van der Waals surface area contributed by atoms with Crippen LogP contribution in [0.2, 0.25) is 0 Å². The molecule has 3 heterocycles. The van der Waals surface area contributed by atoms with Crippen molar-refractivity contribution in [1.82, 2.24) is 15.0 Å². The van der Waals surface area contributed by atoms with Gasteiger partial charge in [0, 0.05) is 38.2 Å². The van der Waals surface area contributed by atoms with Gasteiger partial charge in [-0.25, -0.2) is 15.0 Å². The molecule has 0 aliphatic carbocycles. The monoisotopic (exact) mass is 791 g/mol. The van der Waals surface area contributed by atoms with Crippen molar-refractivity contribution in [3.63, 3.8) is 0 Å². The fourth-order valence-electron chi connectivity index (χ4n) is 9.28. The lowest BCUT2D eigenvalue weighted by Gasteiger charge is -2.12. The van der Waals surface area contributed by atoms with E-state index in [2.05, 4.69) is 140 Å². The Labute approximate surface area is 355 Å². The van der Waals surface area contributed by atoms with Gasteiger partial charge >= 0.3 is 0 Å². The summed E-state index contributed by atoms with van der Waals surface area (Å²) >= 11 is 0. The third kappa shape index (κ3) is 5.52. The van der Waals surface area contributed by atoms with Gasteiger partial charge in [0.25, 0.3) is 0 Å². The van der Waals surface area contributed by atoms with E-state index in [4.69, 9.17) is 23.8 Å². The maximum Gasteiger partial charge on any atom is 0.164 e. The highest BCUT2D eigenvalue weighted by Gasteiger charge is 2.17. The third-order valence-electron chi connectivity index (χ3n) is 12.3. The second kappa shape index (κ2) is 13.6. The van der Waals surface area contributed by atoms with Crippen LogP contribution < -0.4 is 0 Å². The Morgan fingerprint density at radius 1 is 0.210 bits per heavy atom. The maximum atomic E-state index is 6.64. The average Bonchev–Trinajstić information content (AvgIpc) is 3.91. The molecule has 62 heavy (non-hydrogen) atoms. The van der Waals surface area contributed by atoms with Gasteiger partial charge in [-0.2, -0.15) is 0 Å². The van der Waals surface area contributed by atoms with Crippen molar-refractivity contribution < 1.29 is 8.83 Å². The molecule has 0 amide bonds. The van der Waals surface area contributed by atoms with E-state index < -0.39 is 0 Å². The van der Waals surface area contributed by atoms with Crippen LogP contribution >= 0.6 is 0 Å². The van der Waals surface area contributed by atoms with Gasteiger partial charge in [-0.15, -0.1) is 0 Å². The van der Waals surface area contributed by atoms with Crippen molar-refractivity contribution in [2.24, 2.45) is 0 Å². The number of aromatic nitrogens is 3. The molecular weight excluding hydrogens is 759 g/mol. The number of hydrogen-bond acceptors (Lipinski definition) is 5. The van der Waals surface area contributed by atoms with E-state index in [1.54, 1.807) is 0 Å². The molecule has 0 saturated carbocycles. The van der Waals surface area contributed by atoms with Crippen LogP contribution in [0.5, 0.6) is 0 Å². The van der Waals surface area contributed by atoms with Crippen molar-refractivity contribution in [2.75, 3.05) is 0 Å². The highest BCUT2D eigenvalue weighted by molar-refractivity contribution is 6.25. The Kier molecular flexibility index (Phi) is 7.54. The number of rotatable bonds is 5. The van der Waals surface area contributed by atoms with Crippen molar-refractivity contribution in [3.8, 4) is 56.4 Å². The predicted molar refractivity (Wildman–Crippen MR) is 254 cm³/mol. The highest BCUT2D eigenvalue weighted by Crippen LogP contribution is 2.40. The first-order chi connectivity index (χ1) is 30.7. The highest BCUT2D eigenvalue weighted by atomic mass is 16.3. The lowest BCUT2D eigenvalue weighted by atomic mass is 9.91. The Morgan fingerprint density at radius 2 is 0.565 bits per heavy atom. The molecule has 0 atom stereocenters. The van der Waals surface area contributed by atoms with Gasteiger partial charge in [-0.05, 0) is 109 Å². The number of furan rings is 2. The van der Waals surface area contributed by atoms with E-state index in [-0.39, 0.29) is 0 Å². The Bertz CT molecular complexity index is 3900. The molecule has 0 aliphatic rings. The van der Waals surface area contributed by atoms with E-state index in [1.165, 1.54) is 43.4 Å². The van der Waals surface area contributed by atoms with Crippen LogP contribution in [0, 0.1) is 0 Å². The standard InChI is InChI=1S/C57H33N3O2/c1-2-11-34(12-3-1)55-58-56(39-23-27-47-46-19-8-9-20-51(46)61-53(47)32-39)60-57(59-55)40-24-28-49-48-26-22-38(31-52(48)62-54(49)33-40)36-14-10-13-35(29-36)37-21-25-45-43-17-5-4-15-41(43)42-16-6-7-18-44(42)50(45)30-37/h1-33H. The average molecular weight is 792 g/mol. The molecule has 13 rings (SSSR count). The summed E-state index contributed by atoms with van der Waals surface area (Å²) in [6.45, 7) is 0. The first-order valence-corrected chi connectivity index (χ1v) is 20.8. The number of nitrogens with zero attached hydrogens (tertiary/aromatic N) is 3. The van der Waals surface area contributed by atoms with Crippen LogP contribution in [-0.2, 0) is 0 Å². The van der Waals surface area contributed by atoms with Crippen molar-refractivity contribution in [1.29, 1.82) is 0 Å². The molecule has 288 valence electrons. The van der Waals surface area contributed by atoms with Gasteiger partial charge in [0.1, 0.15) is 22.3 Å². The van der Waals surface area contributed by atoms with Gasteiger partial charge in [0.2, 0.25) is 0 Å². The Morgan fingerprint density at radius 3 is 1.15 bits per heavy atom. The first kappa shape index (κ1) is 34.5. The van der Waals surface area contributed by atoms with Crippen molar-refractivity contribution in [2.45, 2.75) is 0 Å². The summed E-state index contributed by atoms with van der Waals surface area (Å²) in [6, 6.07) is 70.1. The topological polar surface area (TPSA) is 65.0 Å². The molecule has 13 aromatic rings. The molecule has 0 bridgehead atoms. The molecule has 5 heteroatoms. The van der Waals surface area contributed by atoms with Gasteiger partial charge < -0.3 is 8.83 Å². The first-order valence-electron chi connectivity index (χ1n) is 20.8. The van der Waals surface area contributed by atoms with Crippen LogP contribution in [-0.4, -0.2) is 15.0 Å². The second-order valence-electron chi connectivity index (χ2n) is 15.9. The molecule has 0 N–H and O–H groups in total. The number of para-hydroxylation sites is 1. The molecular formula is C57H33N3O2. The molecule has 5 nitrogen and oxygen atoms in total. The van der Waals surface area contributed by atoms with E-state index in [9.17, 15) is 0 Å². The molecule has 10 aromatic carbocycles. The molecule has 0 aliphatic heterocycles. The van der Waals surface area contributed by atoms with Crippen LogP contribution in [0.3, 0.4) is 0 Å². The van der Waals surface area contributed by atoms with Gasteiger partial charge in [0.15, 0.2) is 17.5 Å². The SMILES string of the molecule is c1ccc(-c2nc(-c3ccc4c(c3)oc3ccccc34)nc(-c3ccc4c(c3)oc3cc(-c5cccc(-c6ccc7c8ccccc8c8ccccc8c7c6)c5)ccc34)n2)cc1. The zero-order chi connectivity index (χ0) is 40.7. The molecule has 0 spiro atoms. The smallest absolute Gasteiger partial charge is 0.164 e. The van der Waals surface area contributed by atoms with Crippen molar-refractivity contribution in [3.05, 3.63) is 200 Å². The largest absolute Gasteiger partial charge is 0.456 e. The van der Waals surface area contributed by atoms with Crippen LogP contribution in [0.4, 0.5) is 0 Å². The van der Waals surface area contributed by atoms with Gasteiger partial charge in [-0.1, -0.05) is 146 Å². The zero-order valence-corrected chi connectivity index (χ0v) is 33.2. The lowest BCUT2D eigenvalue weighted by Crippen LogP contribution is -2.00. The van der Waals surface area contributed by atoms with Gasteiger partial charge in [-0.3, -0.25) is 0 Å². The minimum Gasteiger partial charge on any atom is -0.456 e. The molecule has 0 unspecified atom stereocenters. The predicted octanol–water partition coefficient (Wildman–Crippen LogP) is 15.5. The lowest BCUT2D eigenvalue weighted by molar-refractivity contribution is 0.669. The fourth-order valence-corrected chi connectivity index (χ4v) is 9.28. The summed E-state index contributed by atoms with van der Waals surface area (Å²) in [4.78, 5) is 15.0.